The van der Waals surface area contributed by atoms with Crippen molar-refractivity contribution in [2.75, 3.05) is 14.2 Å². The molecule has 152 valence electrons. The van der Waals surface area contributed by atoms with Crippen LogP contribution in [0.15, 0.2) is 63.7 Å². The van der Waals surface area contributed by atoms with Gasteiger partial charge in [-0.15, -0.1) is 0 Å². The SMILES string of the molecule is C=C(NOCc1ccccc1C(=NOC)C(=O)OC)c1cccc(C=C(Br)Br)c1. The summed E-state index contributed by atoms with van der Waals surface area (Å²) in [5.41, 5.74) is 6.67. The number of hydrogen-bond donors (Lipinski definition) is 1. The third-order valence-electron chi connectivity index (χ3n) is 3.77. The Hall–Kier alpha value is -2.42. The van der Waals surface area contributed by atoms with E-state index in [9.17, 15) is 4.79 Å². The van der Waals surface area contributed by atoms with Crippen LogP contribution in [0.2, 0.25) is 0 Å². The number of carbonyl (C=O) groups is 1. The van der Waals surface area contributed by atoms with Crippen molar-refractivity contribution >= 4 is 55.3 Å². The highest BCUT2D eigenvalue weighted by atomic mass is 79.9. The van der Waals surface area contributed by atoms with Crippen molar-refractivity contribution in [1.82, 2.24) is 5.48 Å². The highest BCUT2D eigenvalue weighted by molar-refractivity contribution is 9.28. The second kappa shape index (κ2) is 11.5. The molecule has 0 aliphatic carbocycles. The summed E-state index contributed by atoms with van der Waals surface area (Å²) in [6.45, 7) is 4.17. The lowest BCUT2D eigenvalue weighted by Gasteiger charge is -2.13. The lowest BCUT2D eigenvalue weighted by molar-refractivity contribution is -0.132. The smallest absolute Gasteiger partial charge is 0.360 e. The van der Waals surface area contributed by atoms with E-state index in [2.05, 4.69) is 49.1 Å². The average Bonchev–Trinajstić information content (AvgIpc) is 2.71. The van der Waals surface area contributed by atoms with Crippen molar-refractivity contribution in [3.8, 4) is 0 Å². The summed E-state index contributed by atoms with van der Waals surface area (Å²) in [5.74, 6) is -0.598. The summed E-state index contributed by atoms with van der Waals surface area (Å²) < 4.78 is 5.62. The lowest BCUT2D eigenvalue weighted by atomic mass is 10.0. The van der Waals surface area contributed by atoms with Crippen LogP contribution in [0.1, 0.15) is 22.3 Å². The van der Waals surface area contributed by atoms with Crippen molar-refractivity contribution < 1.29 is 19.2 Å². The summed E-state index contributed by atoms with van der Waals surface area (Å²) in [6.07, 6.45) is 1.93. The molecule has 2 aromatic rings. The standard InChI is InChI=1S/C21H20Br2N2O4/c1-14(16-9-6-7-15(11-16)12-19(22)23)24-29-13-17-8-4-5-10-18(17)20(25-28-3)21(26)27-2/h4-12,24H,1,13H2,2-3H3. The van der Waals surface area contributed by atoms with E-state index < -0.39 is 5.97 Å². The zero-order chi connectivity index (χ0) is 21.2. The number of nitrogens with zero attached hydrogens (tertiary/aromatic N) is 1. The number of benzene rings is 2. The number of carbonyl (C=O) groups excluding carboxylic acids is 1. The zero-order valence-electron chi connectivity index (χ0n) is 15.9. The van der Waals surface area contributed by atoms with Crippen LogP contribution >= 0.6 is 31.9 Å². The molecule has 0 amide bonds. The Kier molecular flexibility index (Phi) is 9.11. The fraction of sp³-hybridized carbons (Fsp3) is 0.143. The average molecular weight is 524 g/mol. The molecule has 0 spiro atoms. The number of hydroxylamine groups is 1. The Morgan fingerprint density at radius 2 is 1.93 bits per heavy atom. The molecule has 2 aromatic carbocycles. The van der Waals surface area contributed by atoms with Gasteiger partial charge in [-0.3, -0.25) is 10.3 Å². The number of ether oxygens (including phenoxy) is 1. The lowest BCUT2D eigenvalue weighted by Crippen LogP contribution is -2.20. The highest BCUT2D eigenvalue weighted by Gasteiger charge is 2.19. The number of esters is 1. The predicted molar refractivity (Wildman–Crippen MR) is 121 cm³/mol. The van der Waals surface area contributed by atoms with Crippen LogP contribution in [0, 0.1) is 0 Å². The fourth-order valence-electron chi connectivity index (χ4n) is 2.46. The number of halogens is 2. The molecule has 0 saturated carbocycles. The predicted octanol–water partition coefficient (Wildman–Crippen LogP) is 4.99. The van der Waals surface area contributed by atoms with Gasteiger partial charge in [-0.1, -0.05) is 54.2 Å². The van der Waals surface area contributed by atoms with Gasteiger partial charge in [0.05, 0.1) is 16.2 Å². The van der Waals surface area contributed by atoms with E-state index in [0.29, 0.717) is 11.3 Å². The third-order valence-corrected chi connectivity index (χ3v) is 4.23. The molecule has 6 nitrogen and oxygen atoms in total. The van der Waals surface area contributed by atoms with E-state index >= 15 is 0 Å². The number of nitrogens with one attached hydrogen (secondary N) is 1. The second-order valence-electron chi connectivity index (χ2n) is 5.70. The van der Waals surface area contributed by atoms with Crippen molar-refractivity contribution in [2.45, 2.75) is 6.61 Å². The zero-order valence-corrected chi connectivity index (χ0v) is 19.1. The molecular weight excluding hydrogens is 504 g/mol. The van der Waals surface area contributed by atoms with Crippen LogP contribution in [-0.4, -0.2) is 25.9 Å². The molecule has 8 heteroatoms. The molecule has 1 N–H and O–H groups in total. The van der Waals surface area contributed by atoms with Crippen LogP contribution < -0.4 is 5.48 Å². The number of hydrogen-bond acceptors (Lipinski definition) is 6. The van der Waals surface area contributed by atoms with Gasteiger partial charge in [0.2, 0.25) is 0 Å². The minimum absolute atomic E-state index is 0.0628. The van der Waals surface area contributed by atoms with E-state index in [1.54, 1.807) is 12.1 Å². The number of oxime groups is 1. The summed E-state index contributed by atoms with van der Waals surface area (Å²) in [5, 5.41) is 3.79. The molecular formula is C21H20Br2N2O4. The van der Waals surface area contributed by atoms with Crippen molar-refractivity contribution in [2.24, 2.45) is 5.16 Å². The Morgan fingerprint density at radius 3 is 2.62 bits per heavy atom. The monoisotopic (exact) mass is 522 g/mol. The van der Waals surface area contributed by atoms with Crippen molar-refractivity contribution in [3.05, 3.63) is 80.8 Å². The molecule has 0 atom stereocenters. The maximum atomic E-state index is 12.0. The van der Waals surface area contributed by atoms with Crippen molar-refractivity contribution in [3.63, 3.8) is 0 Å². The van der Waals surface area contributed by atoms with Crippen LogP contribution in [0.25, 0.3) is 11.8 Å². The molecule has 29 heavy (non-hydrogen) atoms. The molecule has 0 radical (unpaired) electrons. The molecule has 0 saturated heterocycles. The van der Waals surface area contributed by atoms with Gasteiger partial charge in [0.25, 0.3) is 0 Å². The normalized spacial score (nSPS) is 10.8. The van der Waals surface area contributed by atoms with E-state index in [0.717, 1.165) is 20.1 Å². The van der Waals surface area contributed by atoms with E-state index in [4.69, 9.17) is 14.4 Å². The van der Waals surface area contributed by atoms with Gasteiger partial charge in [0.15, 0.2) is 5.71 Å². The van der Waals surface area contributed by atoms with Gasteiger partial charge in [-0.05, 0) is 60.7 Å². The molecule has 2 rings (SSSR count). The minimum Gasteiger partial charge on any atom is -0.464 e. The topological polar surface area (TPSA) is 69.1 Å². The first kappa shape index (κ1) is 22.9. The summed E-state index contributed by atoms with van der Waals surface area (Å²) in [6, 6.07) is 15.0. The van der Waals surface area contributed by atoms with E-state index in [1.807, 2.05) is 42.5 Å². The van der Waals surface area contributed by atoms with Gasteiger partial charge < -0.3 is 9.57 Å². The third kappa shape index (κ3) is 6.85. The van der Waals surface area contributed by atoms with E-state index in [-0.39, 0.29) is 12.3 Å². The summed E-state index contributed by atoms with van der Waals surface area (Å²) >= 11 is 6.70. The molecule has 0 fully saturated rings. The molecule has 0 heterocycles. The molecule has 0 aliphatic heterocycles. The van der Waals surface area contributed by atoms with E-state index in [1.165, 1.54) is 14.2 Å². The van der Waals surface area contributed by atoms with Gasteiger partial charge in [0.1, 0.15) is 13.7 Å². The minimum atomic E-state index is -0.598. The summed E-state index contributed by atoms with van der Waals surface area (Å²) in [4.78, 5) is 22.4. The van der Waals surface area contributed by atoms with Gasteiger partial charge >= 0.3 is 5.97 Å². The molecule has 0 unspecified atom stereocenters. The van der Waals surface area contributed by atoms with Crippen LogP contribution in [0.4, 0.5) is 0 Å². The van der Waals surface area contributed by atoms with Gasteiger partial charge in [-0.2, -0.15) is 0 Å². The molecule has 0 aliphatic rings. The largest absolute Gasteiger partial charge is 0.464 e. The fourth-order valence-corrected chi connectivity index (χ4v) is 2.99. The Bertz CT molecular complexity index is 938. The Morgan fingerprint density at radius 1 is 1.17 bits per heavy atom. The second-order valence-corrected chi connectivity index (χ2v) is 8.47. The van der Waals surface area contributed by atoms with Crippen molar-refractivity contribution in [1.29, 1.82) is 0 Å². The van der Waals surface area contributed by atoms with Gasteiger partial charge in [0, 0.05) is 5.56 Å². The van der Waals surface area contributed by atoms with Crippen LogP contribution in [-0.2, 0) is 25.8 Å². The van der Waals surface area contributed by atoms with Crippen LogP contribution in [0.3, 0.4) is 0 Å². The first-order valence-corrected chi connectivity index (χ1v) is 10.0. The molecule has 0 aromatic heterocycles. The maximum Gasteiger partial charge on any atom is 0.360 e. The maximum absolute atomic E-state index is 12.0. The van der Waals surface area contributed by atoms with Gasteiger partial charge in [-0.25, -0.2) is 4.79 Å². The number of methoxy groups -OCH3 is 1. The molecule has 0 bridgehead atoms. The highest BCUT2D eigenvalue weighted by Crippen LogP contribution is 2.20. The van der Waals surface area contributed by atoms with Crippen LogP contribution in [0.5, 0.6) is 0 Å². The first-order chi connectivity index (χ1) is 14.0. The quantitative estimate of drug-likeness (QED) is 0.285. The Balaban J connectivity index is 2.10. The summed E-state index contributed by atoms with van der Waals surface area (Å²) in [7, 11) is 2.65. The number of rotatable bonds is 9. The first-order valence-electron chi connectivity index (χ1n) is 8.43. The Labute approximate surface area is 186 Å².